The molecule has 1 aromatic carbocycles. The highest BCUT2D eigenvalue weighted by atomic mass is 19.1. The van der Waals surface area contributed by atoms with Crippen molar-refractivity contribution in [2.75, 3.05) is 18.0 Å². The fourth-order valence-electron chi connectivity index (χ4n) is 2.63. The molecule has 0 amide bonds. The number of carbonyl (C=O) groups is 1. The van der Waals surface area contributed by atoms with Crippen LogP contribution in [0.1, 0.15) is 37.7 Å². The highest BCUT2D eigenvalue weighted by Crippen LogP contribution is 2.26. The summed E-state index contributed by atoms with van der Waals surface area (Å²) in [6, 6.07) is 4.87. The molecule has 0 aliphatic carbocycles. The Bertz CT molecular complexity index is 442. The number of carboxylic acid groups (broad SMARTS) is 1. The van der Waals surface area contributed by atoms with Crippen molar-refractivity contribution < 1.29 is 14.3 Å². The van der Waals surface area contributed by atoms with Gasteiger partial charge in [-0.25, -0.2) is 4.39 Å². The summed E-state index contributed by atoms with van der Waals surface area (Å²) in [4.78, 5) is 12.8. The first-order valence-corrected chi connectivity index (χ1v) is 6.92. The predicted molar refractivity (Wildman–Crippen MR) is 73.0 cm³/mol. The third-order valence-electron chi connectivity index (χ3n) is 3.58. The van der Waals surface area contributed by atoms with Crippen molar-refractivity contribution >= 4 is 11.7 Å². The minimum absolute atomic E-state index is 0.135. The number of aryl methyl sites for hydroxylation is 1. The van der Waals surface area contributed by atoms with Gasteiger partial charge in [0.05, 0.1) is 0 Å². The number of rotatable bonds is 5. The summed E-state index contributed by atoms with van der Waals surface area (Å²) in [5.74, 6) is -1.04. The van der Waals surface area contributed by atoms with E-state index in [0.717, 1.165) is 24.3 Å². The van der Waals surface area contributed by atoms with E-state index < -0.39 is 5.97 Å². The molecule has 1 aliphatic heterocycles. The van der Waals surface area contributed by atoms with Gasteiger partial charge in [-0.15, -0.1) is 0 Å². The van der Waals surface area contributed by atoms with Gasteiger partial charge in [0.15, 0.2) is 0 Å². The molecule has 19 heavy (non-hydrogen) atoms. The number of piperidine rings is 1. The Kier molecular flexibility index (Phi) is 4.77. The van der Waals surface area contributed by atoms with E-state index in [4.69, 9.17) is 5.11 Å². The largest absolute Gasteiger partial charge is 0.481 e. The van der Waals surface area contributed by atoms with E-state index in [9.17, 15) is 9.18 Å². The number of anilines is 1. The standard InChI is InChI=1S/C15H20FNO2/c16-13-7-8-14(17-9-2-1-3-10-17)12(11-13)5-4-6-15(18)19/h7-8,11H,1-6,9-10H2,(H,18,19). The lowest BCUT2D eigenvalue weighted by Gasteiger charge is -2.30. The minimum atomic E-state index is -0.795. The van der Waals surface area contributed by atoms with Crippen molar-refractivity contribution in [1.82, 2.24) is 0 Å². The molecule has 1 fully saturated rings. The number of halogens is 1. The maximum Gasteiger partial charge on any atom is 0.303 e. The fourth-order valence-corrected chi connectivity index (χ4v) is 2.63. The number of nitrogens with zero attached hydrogens (tertiary/aromatic N) is 1. The maximum absolute atomic E-state index is 13.4. The van der Waals surface area contributed by atoms with Crippen molar-refractivity contribution in [3.05, 3.63) is 29.6 Å². The van der Waals surface area contributed by atoms with Crippen LogP contribution in [0, 0.1) is 5.82 Å². The Hall–Kier alpha value is -1.58. The van der Waals surface area contributed by atoms with Crippen molar-refractivity contribution in [2.45, 2.75) is 38.5 Å². The number of benzene rings is 1. The molecule has 0 aromatic heterocycles. The van der Waals surface area contributed by atoms with Crippen LogP contribution in [-0.4, -0.2) is 24.2 Å². The van der Waals surface area contributed by atoms with Gasteiger partial charge in [0.25, 0.3) is 0 Å². The lowest BCUT2D eigenvalue weighted by Crippen LogP contribution is -2.30. The molecule has 1 heterocycles. The summed E-state index contributed by atoms with van der Waals surface area (Å²) in [7, 11) is 0. The molecule has 2 rings (SSSR count). The fraction of sp³-hybridized carbons (Fsp3) is 0.533. The molecule has 0 unspecified atom stereocenters. The number of hydrogen-bond donors (Lipinski definition) is 1. The molecule has 1 aliphatic rings. The molecule has 0 spiro atoms. The SMILES string of the molecule is O=C(O)CCCc1cc(F)ccc1N1CCCCC1. The van der Waals surface area contributed by atoms with Gasteiger partial charge in [-0.2, -0.15) is 0 Å². The summed E-state index contributed by atoms with van der Waals surface area (Å²) in [5, 5.41) is 8.68. The zero-order valence-electron chi connectivity index (χ0n) is 11.1. The lowest BCUT2D eigenvalue weighted by atomic mass is 10.0. The third-order valence-corrected chi connectivity index (χ3v) is 3.58. The van der Waals surface area contributed by atoms with Gasteiger partial charge in [-0.1, -0.05) is 0 Å². The zero-order chi connectivity index (χ0) is 13.7. The molecular weight excluding hydrogens is 245 g/mol. The quantitative estimate of drug-likeness (QED) is 0.888. The second-order valence-electron chi connectivity index (χ2n) is 5.07. The van der Waals surface area contributed by atoms with E-state index in [2.05, 4.69) is 4.90 Å². The van der Waals surface area contributed by atoms with Crippen LogP contribution in [0.3, 0.4) is 0 Å². The van der Waals surface area contributed by atoms with Crippen LogP contribution in [0.5, 0.6) is 0 Å². The molecule has 0 saturated carbocycles. The number of carboxylic acids is 1. The maximum atomic E-state index is 13.4. The van der Waals surface area contributed by atoms with E-state index in [1.165, 1.54) is 25.3 Å². The van der Waals surface area contributed by atoms with Crippen LogP contribution in [0.4, 0.5) is 10.1 Å². The molecule has 104 valence electrons. The van der Waals surface area contributed by atoms with Crippen LogP contribution in [0.2, 0.25) is 0 Å². The Labute approximate surface area is 113 Å². The highest BCUT2D eigenvalue weighted by Gasteiger charge is 2.15. The van der Waals surface area contributed by atoms with Gasteiger partial charge < -0.3 is 10.0 Å². The lowest BCUT2D eigenvalue weighted by molar-refractivity contribution is -0.137. The molecule has 1 aromatic rings. The third kappa shape index (κ3) is 3.94. The summed E-state index contributed by atoms with van der Waals surface area (Å²) < 4.78 is 13.4. The van der Waals surface area contributed by atoms with Gasteiger partial charge in [-0.3, -0.25) is 4.79 Å². The Morgan fingerprint density at radius 3 is 2.68 bits per heavy atom. The van der Waals surface area contributed by atoms with Crippen LogP contribution >= 0.6 is 0 Å². The second-order valence-corrected chi connectivity index (χ2v) is 5.07. The molecular formula is C15H20FNO2. The van der Waals surface area contributed by atoms with Gasteiger partial charge in [-0.05, 0) is 55.9 Å². The van der Waals surface area contributed by atoms with Gasteiger partial charge >= 0.3 is 5.97 Å². The van der Waals surface area contributed by atoms with Crippen LogP contribution < -0.4 is 4.90 Å². The summed E-state index contributed by atoms with van der Waals surface area (Å²) in [6.07, 6.45) is 4.91. The molecule has 0 atom stereocenters. The van der Waals surface area contributed by atoms with Crippen LogP contribution in [-0.2, 0) is 11.2 Å². The Morgan fingerprint density at radius 2 is 2.00 bits per heavy atom. The van der Waals surface area contributed by atoms with Crippen molar-refractivity contribution in [3.8, 4) is 0 Å². The van der Waals surface area contributed by atoms with Gasteiger partial charge in [0.1, 0.15) is 5.82 Å². The smallest absolute Gasteiger partial charge is 0.303 e. The van der Waals surface area contributed by atoms with Crippen molar-refractivity contribution in [3.63, 3.8) is 0 Å². The van der Waals surface area contributed by atoms with E-state index in [1.54, 1.807) is 6.07 Å². The molecule has 1 saturated heterocycles. The topological polar surface area (TPSA) is 40.5 Å². The normalized spacial score (nSPS) is 15.5. The summed E-state index contributed by atoms with van der Waals surface area (Å²) in [6.45, 7) is 2.02. The first-order valence-electron chi connectivity index (χ1n) is 6.92. The predicted octanol–water partition coefficient (Wildman–Crippen LogP) is 3.22. The molecule has 1 N–H and O–H groups in total. The Morgan fingerprint density at radius 1 is 1.26 bits per heavy atom. The van der Waals surface area contributed by atoms with Gasteiger partial charge in [0.2, 0.25) is 0 Å². The zero-order valence-corrected chi connectivity index (χ0v) is 11.1. The number of aliphatic carboxylic acids is 1. The molecule has 0 radical (unpaired) electrons. The average molecular weight is 265 g/mol. The van der Waals surface area contributed by atoms with Crippen LogP contribution in [0.25, 0.3) is 0 Å². The first-order chi connectivity index (χ1) is 9.16. The minimum Gasteiger partial charge on any atom is -0.481 e. The molecule has 3 nitrogen and oxygen atoms in total. The van der Waals surface area contributed by atoms with E-state index in [-0.39, 0.29) is 12.2 Å². The summed E-state index contributed by atoms with van der Waals surface area (Å²) in [5.41, 5.74) is 2.01. The molecule has 0 bridgehead atoms. The average Bonchev–Trinajstić information content (AvgIpc) is 2.39. The first kappa shape index (κ1) is 13.8. The molecule has 4 heteroatoms. The Balaban J connectivity index is 2.10. The van der Waals surface area contributed by atoms with Gasteiger partial charge in [0, 0.05) is 25.2 Å². The van der Waals surface area contributed by atoms with E-state index >= 15 is 0 Å². The second kappa shape index (κ2) is 6.55. The van der Waals surface area contributed by atoms with Crippen molar-refractivity contribution in [1.29, 1.82) is 0 Å². The van der Waals surface area contributed by atoms with Crippen molar-refractivity contribution in [2.24, 2.45) is 0 Å². The monoisotopic (exact) mass is 265 g/mol. The number of hydrogen-bond acceptors (Lipinski definition) is 2. The highest BCUT2D eigenvalue weighted by molar-refractivity contribution is 5.66. The summed E-state index contributed by atoms with van der Waals surface area (Å²) >= 11 is 0. The van der Waals surface area contributed by atoms with Crippen LogP contribution in [0.15, 0.2) is 18.2 Å². The van der Waals surface area contributed by atoms with E-state index in [1.807, 2.05) is 6.07 Å². The van der Waals surface area contributed by atoms with E-state index in [0.29, 0.717) is 12.8 Å².